The Balaban J connectivity index is 1.92. The number of ketones is 1. The van der Waals surface area contributed by atoms with E-state index in [1.807, 2.05) is 32.0 Å². The zero-order valence-electron chi connectivity index (χ0n) is 15.1. The molecule has 136 valence electrons. The summed E-state index contributed by atoms with van der Waals surface area (Å²) in [4.78, 5) is 35.6. The summed E-state index contributed by atoms with van der Waals surface area (Å²) < 4.78 is 0. The Morgan fingerprint density at radius 3 is 2.40 bits per heavy atom. The number of amides is 1. The van der Waals surface area contributed by atoms with E-state index in [0.717, 1.165) is 19.3 Å². The number of carboxylic acid groups (broad SMARTS) is 1. The Hall–Kier alpha value is -2.17. The Morgan fingerprint density at radius 2 is 1.76 bits per heavy atom. The molecule has 0 radical (unpaired) electrons. The van der Waals surface area contributed by atoms with Crippen LogP contribution in [0.4, 0.5) is 0 Å². The van der Waals surface area contributed by atoms with Gasteiger partial charge in [0.05, 0.1) is 6.42 Å². The lowest BCUT2D eigenvalue weighted by atomic mass is 9.88. The average Bonchev–Trinajstić information content (AvgIpc) is 3.06. The minimum Gasteiger partial charge on any atom is -0.481 e. The fraction of sp³-hybridized carbons (Fsp3) is 0.550. The van der Waals surface area contributed by atoms with E-state index in [9.17, 15) is 14.4 Å². The molecule has 0 bridgehead atoms. The van der Waals surface area contributed by atoms with Crippen molar-refractivity contribution in [3.63, 3.8) is 0 Å². The van der Waals surface area contributed by atoms with Gasteiger partial charge >= 0.3 is 5.97 Å². The summed E-state index contributed by atoms with van der Waals surface area (Å²) in [6.45, 7) is 3.73. The van der Waals surface area contributed by atoms with Gasteiger partial charge in [0.25, 0.3) is 0 Å². The van der Waals surface area contributed by atoms with Gasteiger partial charge in [-0.2, -0.15) is 0 Å². The summed E-state index contributed by atoms with van der Waals surface area (Å²) in [5.74, 6) is -1.24. The van der Waals surface area contributed by atoms with Crippen LogP contribution in [0, 0.1) is 0 Å². The lowest BCUT2D eigenvalue weighted by molar-refractivity contribution is -0.139. The lowest BCUT2D eigenvalue weighted by Crippen LogP contribution is -2.49. The molecule has 0 saturated carbocycles. The van der Waals surface area contributed by atoms with Crippen LogP contribution >= 0.6 is 0 Å². The molecule has 1 aromatic carbocycles. The number of carbonyl (C=O) groups is 3. The summed E-state index contributed by atoms with van der Waals surface area (Å²) in [6, 6.07) is 5.81. The molecule has 5 heteroatoms. The largest absolute Gasteiger partial charge is 0.481 e. The van der Waals surface area contributed by atoms with E-state index >= 15 is 0 Å². The number of aliphatic carboxylic acids is 1. The molecule has 5 nitrogen and oxygen atoms in total. The number of carbonyl (C=O) groups excluding carboxylic acids is 2. The van der Waals surface area contributed by atoms with Crippen molar-refractivity contribution in [1.82, 2.24) is 5.32 Å². The van der Waals surface area contributed by atoms with Crippen LogP contribution in [0.3, 0.4) is 0 Å². The highest BCUT2D eigenvalue weighted by Crippen LogP contribution is 2.24. The van der Waals surface area contributed by atoms with E-state index in [4.69, 9.17) is 5.11 Å². The fourth-order valence-corrected chi connectivity index (χ4v) is 3.49. The molecule has 1 aromatic rings. The lowest BCUT2D eigenvalue weighted by Gasteiger charge is -2.31. The first-order valence-electron chi connectivity index (χ1n) is 9.07. The van der Waals surface area contributed by atoms with E-state index in [1.165, 1.54) is 11.1 Å². The van der Waals surface area contributed by atoms with Gasteiger partial charge in [0, 0.05) is 23.9 Å². The van der Waals surface area contributed by atoms with Crippen molar-refractivity contribution in [2.75, 3.05) is 0 Å². The smallest absolute Gasteiger partial charge is 0.305 e. The summed E-state index contributed by atoms with van der Waals surface area (Å²) in [5.41, 5.74) is 2.49. The first-order chi connectivity index (χ1) is 11.9. The molecule has 2 N–H and O–H groups in total. The van der Waals surface area contributed by atoms with E-state index in [-0.39, 0.29) is 31.0 Å². The Morgan fingerprint density at radius 1 is 1.08 bits per heavy atom. The number of nitrogens with one attached hydrogen (secondary N) is 1. The van der Waals surface area contributed by atoms with Gasteiger partial charge in [-0.25, -0.2) is 0 Å². The second-order valence-electron chi connectivity index (χ2n) is 6.87. The highest BCUT2D eigenvalue weighted by molar-refractivity contribution is 5.98. The van der Waals surface area contributed by atoms with Crippen molar-refractivity contribution in [3.05, 3.63) is 34.9 Å². The van der Waals surface area contributed by atoms with Crippen molar-refractivity contribution < 1.29 is 19.5 Å². The van der Waals surface area contributed by atoms with E-state index in [1.54, 1.807) is 0 Å². The number of aryl methyl sites for hydroxylation is 2. The normalized spacial score (nSPS) is 13.4. The van der Waals surface area contributed by atoms with Gasteiger partial charge in [-0.1, -0.05) is 26.0 Å². The molecular weight excluding hydrogens is 318 g/mol. The van der Waals surface area contributed by atoms with Crippen LogP contribution in [0.5, 0.6) is 0 Å². The van der Waals surface area contributed by atoms with Gasteiger partial charge in [0.1, 0.15) is 0 Å². The van der Waals surface area contributed by atoms with Crippen LogP contribution in [-0.2, 0) is 22.4 Å². The van der Waals surface area contributed by atoms with E-state index in [2.05, 4.69) is 5.32 Å². The van der Waals surface area contributed by atoms with Crippen molar-refractivity contribution in [3.8, 4) is 0 Å². The van der Waals surface area contributed by atoms with Crippen LogP contribution in [-0.4, -0.2) is 28.3 Å². The zero-order valence-corrected chi connectivity index (χ0v) is 15.1. The second kappa shape index (κ2) is 8.28. The SMILES string of the molecule is CCC(CC)(CC(=O)O)NC(=O)CCC(=O)c1ccc2c(c1)CCC2. The van der Waals surface area contributed by atoms with Gasteiger partial charge < -0.3 is 10.4 Å². The standard InChI is InChI=1S/C20H27NO4/c1-3-20(4-2,13-19(24)25)21-18(23)11-10-17(22)16-9-8-14-6-5-7-15(14)12-16/h8-9,12H,3-7,10-11,13H2,1-2H3,(H,21,23)(H,24,25). The number of rotatable bonds is 9. The minimum atomic E-state index is -0.932. The van der Waals surface area contributed by atoms with Gasteiger partial charge in [0.2, 0.25) is 5.91 Å². The molecule has 0 heterocycles. The maximum absolute atomic E-state index is 12.4. The number of benzene rings is 1. The van der Waals surface area contributed by atoms with Gasteiger partial charge in [-0.3, -0.25) is 14.4 Å². The highest BCUT2D eigenvalue weighted by atomic mass is 16.4. The molecule has 2 rings (SSSR count). The van der Waals surface area contributed by atoms with Crippen molar-refractivity contribution in [1.29, 1.82) is 0 Å². The molecule has 1 amide bonds. The topological polar surface area (TPSA) is 83.5 Å². The predicted octanol–water partition coefficient (Wildman–Crippen LogP) is 3.29. The molecule has 0 aliphatic heterocycles. The van der Waals surface area contributed by atoms with Crippen molar-refractivity contribution >= 4 is 17.7 Å². The first kappa shape index (κ1) is 19.2. The number of hydrogen-bond acceptors (Lipinski definition) is 3. The first-order valence-corrected chi connectivity index (χ1v) is 9.07. The van der Waals surface area contributed by atoms with E-state index in [0.29, 0.717) is 18.4 Å². The Bertz CT molecular complexity index is 662. The molecule has 0 fully saturated rings. The Kier molecular flexibility index (Phi) is 6.34. The molecule has 1 aliphatic carbocycles. The van der Waals surface area contributed by atoms with Crippen molar-refractivity contribution in [2.45, 2.75) is 70.8 Å². The van der Waals surface area contributed by atoms with Crippen LogP contribution < -0.4 is 5.32 Å². The maximum atomic E-state index is 12.4. The fourth-order valence-electron chi connectivity index (χ4n) is 3.49. The van der Waals surface area contributed by atoms with E-state index < -0.39 is 11.5 Å². The highest BCUT2D eigenvalue weighted by Gasteiger charge is 2.30. The molecule has 0 unspecified atom stereocenters. The molecule has 25 heavy (non-hydrogen) atoms. The van der Waals surface area contributed by atoms with Crippen LogP contribution in [0.25, 0.3) is 0 Å². The number of hydrogen-bond donors (Lipinski definition) is 2. The third kappa shape index (κ3) is 4.91. The molecule has 0 spiro atoms. The molecule has 0 atom stereocenters. The summed E-state index contributed by atoms with van der Waals surface area (Å²) in [7, 11) is 0. The minimum absolute atomic E-state index is 0.0401. The monoisotopic (exact) mass is 345 g/mol. The number of carboxylic acids is 1. The third-order valence-corrected chi connectivity index (χ3v) is 5.25. The molecular formula is C20H27NO4. The second-order valence-corrected chi connectivity index (χ2v) is 6.87. The third-order valence-electron chi connectivity index (χ3n) is 5.25. The maximum Gasteiger partial charge on any atom is 0.305 e. The zero-order chi connectivity index (χ0) is 18.4. The Labute approximate surface area is 148 Å². The van der Waals surface area contributed by atoms with Crippen LogP contribution in [0.15, 0.2) is 18.2 Å². The molecule has 1 aliphatic rings. The van der Waals surface area contributed by atoms with Gasteiger partial charge in [-0.05, 0) is 49.3 Å². The quantitative estimate of drug-likeness (QED) is 0.673. The van der Waals surface area contributed by atoms with Crippen LogP contribution in [0.2, 0.25) is 0 Å². The number of Topliss-reactive ketones (excluding diaryl/α,β-unsaturated/α-hetero) is 1. The predicted molar refractivity (Wildman–Crippen MR) is 95.7 cm³/mol. The molecule has 0 saturated heterocycles. The molecule has 0 aromatic heterocycles. The van der Waals surface area contributed by atoms with Gasteiger partial charge in [-0.15, -0.1) is 0 Å². The summed E-state index contributed by atoms with van der Waals surface area (Å²) in [6.07, 6.45) is 4.42. The average molecular weight is 345 g/mol. The van der Waals surface area contributed by atoms with Crippen molar-refractivity contribution in [2.24, 2.45) is 0 Å². The number of fused-ring (bicyclic) bond motifs is 1. The summed E-state index contributed by atoms with van der Waals surface area (Å²) >= 11 is 0. The van der Waals surface area contributed by atoms with Gasteiger partial charge in [0.15, 0.2) is 5.78 Å². The van der Waals surface area contributed by atoms with Crippen LogP contribution in [0.1, 0.15) is 73.9 Å². The summed E-state index contributed by atoms with van der Waals surface area (Å²) in [5, 5.41) is 11.9.